The first-order chi connectivity index (χ1) is 9.23. The molecule has 0 bridgehead atoms. The van der Waals surface area contributed by atoms with Crippen LogP contribution in [-0.2, 0) is 0 Å². The number of rotatable bonds is 6. The maximum atomic E-state index is 13.6. The van der Waals surface area contributed by atoms with Crippen LogP contribution < -0.4 is 5.32 Å². The van der Waals surface area contributed by atoms with Crippen LogP contribution in [0.3, 0.4) is 0 Å². The van der Waals surface area contributed by atoms with Crippen molar-refractivity contribution in [2.75, 3.05) is 11.9 Å². The second-order valence-corrected chi connectivity index (χ2v) is 6.74. The molecule has 0 saturated carbocycles. The Morgan fingerprint density at radius 3 is 2.30 bits per heavy atom. The predicted octanol–water partition coefficient (Wildman–Crippen LogP) is 4.68. The first-order valence-corrected chi connectivity index (χ1v) is 7.69. The van der Waals surface area contributed by atoms with E-state index in [1.807, 2.05) is 0 Å². The van der Waals surface area contributed by atoms with Gasteiger partial charge in [-0.2, -0.15) is 0 Å². The number of nitrogens with one attached hydrogen (secondary N) is 1. The lowest BCUT2D eigenvalue weighted by Gasteiger charge is -2.25. The number of benzene rings is 1. The van der Waals surface area contributed by atoms with Crippen molar-refractivity contribution in [2.24, 2.45) is 17.8 Å². The molecule has 0 aliphatic carbocycles. The zero-order chi connectivity index (χ0) is 15.4. The molecule has 0 fully saturated rings. The van der Waals surface area contributed by atoms with Gasteiger partial charge in [-0.15, -0.1) is 0 Å². The minimum absolute atomic E-state index is 0.0814. The van der Waals surface area contributed by atoms with Gasteiger partial charge in [0, 0.05) is 18.7 Å². The van der Waals surface area contributed by atoms with E-state index in [1.54, 1.807) is 22.6 Å². The van der Waals surface area contributed by atoms with Gasteiger partial charge in [-0.25, -0.2) is 4.39 Å². The van der Waals surface area contributed by atoms with E-state index in [1.165, 1.54) is 12.1 Å². The van der Waals surface area contributed by atoms with Crippen molar-refractivity contribution >= 4 is 34.0 Å². The third-order valence-corrected chi connectivity index (χ3v) is 4.30. The molecule has 0 heterocycles. The Bertz CT molecular complexity index is 484. The number of halogens is 2. The van der Waals surface area contributed by atoms with Gasteiger partial charge in [-0.3, -0.25) is 10.1 Å². The lowest BCUT2D eigenvalue weighted by molar-refractivity contribution is -0.384. The van der Waals surface area contributed by atoms with Crippen molar-refractivity contribution in [1.82, 2.24) is 0 Å². The molecule has 0 unspecified atom stereocenters. The first kappa shape index (κ1) is 17.1. The Morgan fingerprint density at radius 2 is 1.85 bits per heavy atom. The Labute approximate surface area is 132 Å². The van der Waals surface area contributed by atoms with Crippen molar-refractivity contribution in [3.63, 3.8) is 0 Å². The fraction of sp³-hybridized carbons (Fsp3) is 0.571. The highest BCUT2D eigenvalue weighted by Crippen LogP contribution is 2.30. The average molecular weight is 394 g/mol. The fourth-order valence-corrected chi connectivity index (χ4v) is 2.75. The van der Waals surface area contributed by atoms with Gasteiger partial charge in [0.15, 0.2) is 0 Å². The van der Waals surface area contributed by atoms with Crippen molar-refractivity contribution in [2.45, 2.75) is 27.7 Å². The van der Waals surface area contributed by atoms with E-state index >= 15 is 0 Å². The number of nitrogens with zero attached hydrogens (tertiary/aromatic N) is 1. The SMILES string of the molecule is CC(C)C(CNc1cc(F)c(I)cc1[N+](=O)[O-])C(C)C. The van der Waals surface area contributed by atoms with Crippen LogP contribution in [0.15, 0.2) is 12.1 Å². The van der Waals surface area contributed by atoms with E-state index in [0.29, 0.717) is 24.3 Å². The summed E-state index contributed by atoms with van der Waals surface area (Å²) in [4.78, 5) is 10.6. The summed E-state index contributed by atoms with van der Waals surface area (Å²) in [5.74, 6) is 0.840. The van der Waals surface area contributed by atoms with Gasteiger partial charge in [-0.05, 0) is 40.3 Å². The molecule has 0 radical (unpaired) electrons. The monoisotopic (exact) mass is 394 g/mol. The van der Waals surface area contributed by atoms with Gasteiger partial charge in [0.2, 0.25) is 0 Å². The molecule has 0 spiro atoms. The van der Waals surface area contributed by atoms with Gasteiger partial charge in [-0.1, -0.05) is 27.7 Å². The molecule has 6 heteroatoms. The maximum Gasteiger partial charge on any atom is 0.293 e. The highest BCUT2D eigenvalue weighted by Gasteiger charge is 2.21. The van der Waals surface area contributed by atoms with Crippen molar-refractivity contribution in [3.05, 3.63) is 31.6 Å². The zero-order valence-electron chi connectivity index (χ0n) is 12.1. The number of nitro groups is 1. The van der Waals surface area contributed by atoms with Crippen LogP contribution in [0.5, 0.6) is 0 Å². The number of hydrogen-bond acceptors (Lipinski definition) is 3. The van der Waals surface area contributed by atoms with Crippen molar-refractivity contribution < 1.29 is 9.31 Å². The van der Waals surface area contributed by atoms with Crippen LogP contribution in [0.25, 0.3) is 0 Å². The third-order valence-electron chi connectivity index (χ3n) is 3.48. The molecular weight excluding hydrogens is 374 g/mol. The minimum atomic E-state index is -0.482. The molecule has 0 atom stereocenters. The fourth-order valence-electron chi connectivity index (χ4n) is 2.30. The van der Waals surface area contributed by atoms with Crippen molar-refractivity contribution in [3.8, 4) is 0 Å². The molecule has 1 N–H and O–H groups in total. The Balaban J connectivity index is 2.97. The molecule has 4 nitrogen and oxygen atoms in total. The Kier molecular flexibility index (Phi) is 6.16. The summed E-state index contributed by atoms with van der Waals surface area (Å²) in [5.41, 5.74) is 0.168. The number of anilines is 1. The van der Waals surface area contributed by atoms with E-state index in [2.05, 4.69) is 33.0 Å². The Hall–Kier alpha value is -0.920. The van der Waals surface area contributed by atoms with Gasteiger partial charge < -0.3 is 5.32 Å². The molecule has 0 saturated heterocycles. The average Bonchev–Trinajstić information content (AvgIpc) is 2.32. The molecule has 20 heavy (non-hydrogen) atoms. The van der Waals surface area contributed by atoms with Crippen LogP contribution in [-0.4, -0.2) is 11.5 Å². The molecular formula is C14H20FIN2O2. The van der Waals surface area contributed by atoms with Crippen LogP contribution in [0, 0.1) is 37.3 Å². The van der Waals surface area contributed by atoms with Crippen LogP contribution in [0.2, 0.25) is 0 Å². The summed E-state index contributed by atoms with van der Waals surface area (Å²) < 4.78 is 13.8. The van der Waals surface area contributed by atoms with Gasteiger partial charge in [0.05, 0.1) is 8.49 Å². The Morgan fingerprint density at radius 1 is 1.30 bits per heavy atom. The standard InChI is InChI=1S/C14H20FIN2O2/c1-8(2)10(9(3)4)7-17-13-5-11(15)12(16)6-14(13)18(19)20/h5-6,8-10,17H,7H2,1-4H3. The van der Waals surface area contributed by atoms with Gasteiger partial charge >= 0.3 is 0 Å². The summed E-state index contributed by atoms with van der Waals surface area (Å²) in [5, 5.41) is 14.1. The van der Waals surface area contributed by atoms with Crippen LogP contribution >= 0.6 is 22.6 Å². The third kappa shape index (κ3) is 4.29. The summed E-state index contributed by atoms with van der Waals surface area (Å²) >= 11 is 1.76. The van der Waals surface area contributed by atoms with Crippen LogP contribution in [0.1, 0.15) is 27.7 Å². The van der Waals surface area contributed by atoms with Gasteiger partial charge in [0.1, 0.15) is 11.5 Å². The summed E-state index contributed by atoms with van der Waals surface area (Å²) in [6.07, 6.45) is 0. The smallest absolute Gasteiger partial charge is 0.293 e. The molecule has 112 valence electrons. The molecule has 1 aromatic rings. The van der Waals surface area contributed by atoms with Crippen LogP contribution in [0.4, 0.5) is 15.8 Å². The number of nitro benzene ring substituents is 1. The zero-order valence-corrected chi connectivity index (χ0v) is 14.3. The second-order valence-electron chi connectivity index (χ2n) is 5.57. The van der Waals surface area contributed by atoms with E-state index < -0.39 is 10.7 Å². The number of hydrogen-bond donors (Lipinski definition) is 1. The maximum absolute atomic E-state index is 13.6. The van der Waals surface area contributed by atoms with E-state index in [9.17, 15) is 14.5 Å². The molecule has 0 aliphatic heterocycles. The molecule has 1 rings (SSSR count). The van der Waals surface area contributed by atoms with Gasteiger partial charge in [0.25, 0.3) is 5.69 Å². The van der Waals surface area contributed by atoms with E-state index in [4.69, 9.17) is 0 Å². The van der Waals surface area contributed by atoms with E-state index in [0.717, 1.165) is 0 Å². The highest BCUT2D eigenvalue weighted by molar-refractivity contribution is 14.1. The molecule has 1 aromatic carbocycles. The summed E-state index contributed by atoms with van der Waals surface area (Å²) in [6, 6.07) is 2.47. The largest absolute Gasteiger partial charge is 0.379 e. The highest BCUT2D eigenvalue weighted by atomic mass is 127. The minimum Gasteiger partial charge on any atom is -0.379 e. The quantitative estimate of drug-likeness (QED) is 0.433. The second kappa shape index (κ2) is 7.19. The lowest BCUT2D eigenvalue weighted by Crippen LogP contribution is -2.24. The predicted molar refractivity (Wildman–Crippen MR) is 87.4 cm³/mol. The normalized spacial score (nSPS) is 11.4. The summed E-state index contributed by atoms with van der Waals surface area (Å²) in [6.45, 7) is 9.07. The lowest BCUT2D eigenvalue weighted by atomic mass is 9.85. The molecule has 0 aromatic heterocycles. The first-order valence-electron chi connectivity index (χ1n) is 6.61. The molecule has 0 amide bonds. The van der Waals surface area contributed by atoms with Crippen molar-refractivity contribution in [1.29, 1.82) is 0 Å². The topological polar surface area (TPSA) is 55.2 Å². The van der Waals surface area contributed by atoms with E-state index in [-0.39, 0.29) is 14.9 Å². The molecule has 0 aliphatic rings. The summed E-state index contributed by atoms with van der Waals surface area (Å²) in [7, 11) is 0.